The summed E-state index contributed by atoms with van der Waals surface area (Å²) < 4.78 is 32.7. The number of hydrogen-bond donors (Lipinski definition) is 0. The monoisotopic (exact) mass is 395 g/mol. The Morgan fingerprint density at radius 1 is 0.893 bits per heavy atom. The highest BCUT2D eigenvalue weighted by molar-refractivity contribution is 7.92. The first-order valence-electron chi connectivity index (χ1n) is 8.74. The maximum Gasteiger partial charge on any atom is 0.326 e. The summed E-state index contributed by atoms with van der Waals surface area (Å²) >= 11 is 0. The van der Waals surface area contributed by atoms with Crippen molar-refractivity contribution in [2.45, 2.75) is 11.8 Å². The van der Waals surface area contributed by atoms with E-state index < -0.39 is 22.5 Å². The number of aryl methyl sites for hydroxylation is 1. The van der Waals surface area contributed by atoms with E-state index >= 15 is 0 Å². The number of esters is 1. The molecule has 3 aromatic carbocycles. The first kappa shape index (κ1) is 19.6. The summed E-state index contributed by atoms with van der Waals surface area (Å²) in [4.78, 5) is 12.2. The van der Waals surface area contributed by atoms with E-state index in [2.05, 4.69) is 0 Å². The standard InChI is InChI=1S/C22H21NO4S/c1-17-12-14-19(15-13-17)28(25,26)23(16-22(24)27-2)21-11-7-6-10-20(21)18-8-4-3-5-9-18/h3-15H,16H2,1-2H3. The third-order valence-corrected chi connectivity index (χ3v) is 6.14. The third kappa shape index (κ3) is 4.07. The molecule has 0 radical (unpaired) electrons. The molecule has 0 amide bonds. The highest BCUT2D eigenvalue weighted by Crippen LogP contribution is 2.34. The van der Waals surface area contributed by atoms with Crippen LogP contribution in [0.2, 0.25) is 0 Å². The summed E-state index contributed by atoms with van der Waals surface area (Å²) in [5.74, 6) is -0.640. The fourth-order valence-corrected chi connectivity index (χ4v) is 4.30. The Morgan fingerprint density at radius 3 is 2.14 bits per heavy atom. The number of methoxy groups -OCH3 is 1. The molecule has 0 saturated carbocycles. The van der Waals surface area contributed by atoms with E-state index in [1.54, 1.807) is 36.4 Å². The number of sulfonamides is 1. The molecular weight excluding hydrogens is 374 g/mol. The lowest BCUT2D eigenvalue weighted by molar-refractivity contribution is -0.138. The normalized spacial score (nSPS) is 11.1. The molecule has 144 valence electrons. The Labute approximate surface area is 165 Å². The minimum Gasteiger partial charge on any atom is -0.468 e. The van der Waals surface area contributed by atoms with E-state index in [-0.39, 0.29) is 4.90 Å². The summed E-state index contributed by atoms with van der Waals surface area (Å²) in [5.41, 5.74) is 2.93. The van der Waals surface area contributed by atoms with Crippen molar-refractivity contribution in [3.8, 4) is 11.1 Å². The molecule has 0 aliphatic carbocycles. The Bertz CT molecular complexity index is 1060. The highest BCUT2D eigenvalue weighted by atomic mass is 32.2. The molecule has 0 saturated heterocycles. The molecular formula is C22H21NO4S. The molecule has 0 spiro atoms. The van der Waals surface area contributed by atoms with Crippen LogP contribution < -0.4 is 4.31 Å². The van der Waals surface area contributed by atoms with Gasteiger partial charge in [0.1, 0.15) is 6.54 Å². The number of ether oxygens (including phenoxy) is 1. The van der Waals surface area contributed by atoms with Gasteiger partial charge in [-0.1, -0.05) is 66.2 Å². The third-order valence-electron chi connectivity index (χ3n) is 4.37. The minimum atomic E-state index is -3.97. The largest absolute Gasteiger partial charge is 0.468 e. The first-order valence-corrected chi connectivity index (χ1v) is 10.2. The average Bonchev–Trinajstić information content (AvgIpc) is 2.72. The van der Waals surface area contributed by atoms with E-state index in [1.165, 1.54) is 7.11 Å². The van der Waals surface area contributed by atoms with Gasteiger partial charge >= 0.3 is 5.97 Å². The molecule has 0 aliphatic rings. The number of rotatable bonds is 6. The van der Waals surface area contributed by atoms with E-state index in [0.717, 1.165) is 15.4 Å². The lowest BCUT2D eigenvalue weighted by Crippen LogP contribution is -2.36. The fourth-order valence-electron chi connectivity index (χ4n) is 2.87. The van der Waals surface area contributed by atoms with Crippen LogP contribution in [0, 0.1) is 6.92 Å². The zero-order chi connectivity index (χ0) is 20.1. The molecule has 0 atom stereocenters. The number of carbonyl (C=O) groups excluding carboxylic acids is 1. The van der Waals surface area contributed by atoms with Gasteiger partial charge in [0, 0.05) is 5.56 Å². The maximum atomic E-state index is 13.4. The van der Waals surface area contributed by atoms with Gasteiger partial charge in [0.05, 0.1) is 17.7 Å². The van der Waals surface area contributed by atoms with E-state index in [0.29, 0.717) is 11.3 Å². The van der Waals surface area contributed by atoms with Gasteiger partial charge in [-0.2, -0.15) is 0 Å². The van der Waals surface area contributed by atoms with Crippen molar-refractivity contribution in [1.82, 2.24) is 0 Å². The van der Waals surface area contributed by atoms with Crippen LogP contribution in [0.15, 0.2) is 83.8 Å². The zero-order valence-corrected chi connectivity index (χ0v) is 16.5. The summed E-state index contributed by atoms with van der Waals surface area (Å²) in [7, 11) is -2.74. The van der Waals surface area contributed by atoms with Crippen molar-refractivity contribution in [1.29, 1.82) is 0 Å². The van der Waals surface area contributed by atoms with Crippen molar-refractivity contribution in [2.75, 3.05) is 18.0 Å². The van der Waals surface area contributed by atoms with Gasteiger partial charge in [-0.25, -0.2) is 8.42 Å². The maximum absolute atomic E-state index is 13.4. The van der Waals surface area contributed by atoms with Gasteiger partial charge in [-0.3, -0.25) is 9.10 Å². The minimum absolute atomic E-state index is 0.116. The molecule has 3 aromatic rings. The van der Waals surface area contributed by atoms with Crippen LogP contribution in [0.1, 0.15) is 5.56 Å². The quantitative estimate of drug-likeness (QED) is 0.591. The van der Waals surface area contributed by atoms with Crippen molar-refractivity contribution in [2.24, 2.45) is 0 Å². The van der Waals surface area contributed by atoms with Gasteiger partial charge in [-0.15, -0.1) is 0 Å². The number of nitrogens with zero attached hydrogens (tertiary/aromatic N) is 1. The van der Waals surface area contributed by atoms with Crippen LogP contribution in [0.3, 0.4) is 0 Å². The molecule has 3 rings (SSSR count). The number of anilines is 1. The van der Waals surface area contributed by atoms with Crippen LogP contribution in [0.4, 0.5) is 5.69 Å². The van der Waals surface area contributed by atoms with Gasteiger partial charge < -0.3 is 4.74 Å². The second-order valence-electron chi connectivity index (χ2n) is 6.28. The number of benzene rings is 3. The second-order valence-corrected chi connectivity index (χ2v) is 8.15. The average molecular weight is 395 g/mol. The molecule has 0 fully saturated rings. The summed E-state index contributed by atoms with van der Waals surface area (Å²) in [6.45, 7) is 1.46. The van der Waals surface area contributed by atoms with Gasteiger partial charge in [0.2, 0.25) is 0 Å². The van der Waals surface area contributed by atoms with Crippen molar-refractivity contribution >= 4 is 21.7 Å². The highest BCUT2D eigenvalue weighted by Gasteiger charge is 2.29. The summed E-state index contributed by atoms with van der Waals surface area (Å²) in [5, 5.41) is 0. The predicted octanol–water partition coefficient (Wildman–Crippen LogP) is 4.03. The van der Waals surface area contributed by atoms with E-state index in [9.17, 15) is 13.2 Å². The molecule has 28 heavy (non-hydrogen) atoms. The first-order chi connectivity index (χ1) is 13.4. The van der Waals surface area contributed by atoms with Crippen LogP contribution in [0.25, 0.3) is 11.1 Å². The molecule has 0 aliphatic heterocycles. The molecule has 0 bridgehead atoms. The molecule has 0 heterocycles. The van der Waals surface area contributed by atoms with Crippen molar-refractivity contribution < 1.29 is 17.9 Å². The second kappa shape index (κ2) is 8.27. The van der Waals surface area contributed by atoms with E-state index in [4.69, 9.17) is 4.74 Å². The van der Waals surface area contributed by atoms with Crippen LogP contribution in [0.5, 0.6) is 0 Å². The topological polar surface area (TPSA) is 63.7 Å². The van der Waals surface area contributed by atoms with Gasteiger partial charge in [0.25, 0.3) is 10.0 Å². The SMILES string of the molecule is COC(=O)CN(c1ccccc1-c1ccccc1)S(=O)(=O)c1ccc(C)cc1. The Morgan fingerprint density at radius 2 is 1.50 bits per heavy atom. The smallest absolute Gasteiger partial charge is 0.326 e. The fraction of sp³-hybridized carbons (Fsp3) is 0.136. The lowest BCUT2D eigenvalue weighted by Gasteiger charge is -2.26. The summed E-state index contributed by atoms with van der Waals surface area (Å²) in [6, 6.07) is 23.1. The van der Waals surface area contributed by atoms with Crippen LogP contribution >= 0.6 is 0 Å². The van der Waals surface area contributed by atoms with Crippen molar-refractivity contribution in [3.05, 3.63) is 84.4 Å². The molecule has 5 nitrogen and oxygen atoms in total. The summed E-state index contributed by atoms with van der Waals surface area (Å²) in [6.07, 6.45) is 0. The van der Waals surface area contributed by atoms with Gasteiger partial charge in [-0.05, 0) is 30.7 Å². The Kier molecular flexibility index (Phi) is 5.80. The van der Waals surface area contributed by atoms with Gasteiger partial charge in [0.15, 0.2) is 0 Å². The molecule has 0 aromatic heterocycles. The Balaban J connectivity index is 2.17. The zero-order valence-electron chi connectivity index (χ0n) is 15.7. The number of carbonyl (C=O) groups is 1. The molecule has 0 N–H and O–H groups in total. The van der Waals surface area contributed by atoms with Crippen LogP contribution in [-0.4, -0.2) is 28.0 Å². The van der Waals surface area contributed by atoms with E-state index in [1.807, 2.05) is 49.4 Å². The molecule has 6 heteroatoms. The molecule has 0 unspecified atom stereocenters. The Hall–Kier alpha value is -3.12. The number of para-hydroxylation sites is 1. The predicted molar refractivity (Wildman–Crippen MR) is 110 cm³/mol. The lowest BCUT2D eigenvalue weighted by atomic mass is 10.0. The number of hydrogen-bond acceptors (Lipinski definition) is 4. The van der Waals surface area contributed by atoms with Crippen molar-refractivity contribution in [3.63, 3.8) is 0 Å². The van der Waals surface area contributed by atoms with Crippen LogP contribution in [-0.2, 0) is 19.6 Å².